The molecule has 0 N–H and O–H groups in total. The number of hydrogen-bond donors (Lipinski definition) is 0. The molecule has 37 heavy (non-hydrogen) atoms. The SMILES string of the molecule is CCOC(=O)C(C#N)(/C=C\C=C/[Si](c1ccccc1)(c1ccccc1)C(C)(C)C)O[Si](C)(C)C(C)(C)C. The molecule has 0 spiro atoms. The molecule has 0 aliphatic rings. The van der Waals surface area contributed by atoms with Gasteiger partial charge >= 0.3 is 5.97 Å². The van der Waals surface area contributed by atoms with E-state index in [1.54, 1.807) is 19.1 Å². The summed E-state index contributed by atoms with van der Waals surface area (Å²) in [6.07, 6.45) is 5.34. The van der Waals surface area contributed by atoms with Gasteiger partial charge in [0.1, 0.15) is 14.1 Å². The van der Waals surface area contributed by atoms with E-state index in [4.69, 9.17) is 9.16 Å². The third-order valence-corrected chi connectivity index (χ3v) is 17.4. The van der Waals surface area contributed by atoms with E-state index in [1.807, 2.05) is 31.3 Å². The lowest BCUT2D eigenvalue weighted by molar-refractivity contribution is -0.154. The van der Waals surface area contributed by atoms with E-state index in [-0.39, 0.29) is 16.7 Å². The van der Waals surface area contributed by atoms with Crippen LogP contribution in [-0.4, -0.2) is 34.6 Å². The first-order valence-electron chi connectivity index (χ1n) is 12.9. The van der Waals surface area contributed by atoms with Crippen LogP contribution in [0.3, 0.4) is 0 Å². The summed E-state index contributed by atoms with van der Waals surface area (Å²) < 4.78 is 11.7. The lowest BCUT2D eigenvalue weighted by Gasteiger charge is -2.42. The molecule has 2 aromatic carbocycles. The highest BCUT2D eigenvalue weighted by molar-refractivity contribution is 7.07. The summed E-state index contributed by atoms with van der Waals surface area (Å²) >= 11 is 0. The quantitative estimate of drug-likeness (QED) is 0.208. The van der Waals surface area contributed by atoms with Crippen LogP contribution in [0.2, 0.25) is 23.2 Å². The first kappa shape index (κ1) is 30.5. The van der Waals surface area contributed by atoms with E-state index in [0.29, 0.717) is 0 Å². The Kier molecular flexibility index (Phi) is 9.70. The molecule has 0 aliphatic heterocycles. The Morgan fingerprint density at radius 3 is 1.73 bits per heavy atom. The van der Waals surface area contributed by atoms with Gasteiger partial charge in [-0.2, -0.15) is 5.26 Å². The van der Waals surface area contributed by atoms with E-state index >= 15 is 0 Å². The second-order valence-electron chi connectivity index (χ2n) is 11.9. The molecule has 4 nitrogen and oxygen atoms in total. The molecular formula is C31H43NO3Si2. The first-order valence-corrected chi connectivity index (χ1v) is 17.9. The van der Waals surface area contributed by atoms with Gasteiger partial charge < -0.3 is 9.16 Å². The van der Waals surface area contributed by atoms with Crippen molar-refractivity contribution in [3.63, 3.8) is 0 Å². The van der Waals surface area contributed by atoms with Crippen LogP contribution in [-0.2, 0) is 14.0 Å². The fourth-order valence-corrected chi connectivity index (χ4v) is 10.4. The van der Waals surface area contributed by atoms with Crippen LogP contribution in [0, 0.1) is 11.3 Å². The molecule has 0 saturated carbocycles. The predicted molar refractivity (Wildman–Crippen MR) is 159 cm³/mol. The van der Waals surface area contributed by atoms with Crippen molar-refractivity contribution in [2.24, 2.45) is 0 Å². The highest BCUT2D eigenvalue weighted by Crippen LogP contribution is 2.40. The molecule has 0 radical (unpaired) electrons. The van der Waals surface area contributed by atoms with Crippen molar-refractivity contribution in [1.29, 1.82) is 5.26 Å². The molecule has 0 aromatic heterocycles. The number of ether oxygens (including phenoxy) is 1. The zero-order chi connectivity index (χ0) is 28.0. The van der Waals surface area contributed by atoms with Crippen molar-refractivity contribution in [2.45, 2.75) is 77.2 Å². The van der Waals surface area contributed by atoms with Crippen LogP contribution in [0.1, 0.15) is 48.5 Å². The maximum absolute atomic E-state index is 13.1. The minimum atomic E-state index is -2.48. The zero-order valence-electron chi connectivity index (χ0n) is 24.0. The van der Waals surface area contributed by atoms with Gasteiger partial charge in [0, 0.05) is 0 Å². The Morgan fingerprint density at radius 2 is 1.35 bits per heavy atom. The van der Waals surface area contributed by atoms with Gasteiger partial charge in [-0.15, -0.1) is 0 Å². The number of esters is 1. The molecule has 2 rings (SSSR count). The van der Waals surface area contributed by atoms with E-state index in [9.17, 15) is 10.1 Å². The van der Waals surface area contributed by atoms with Gasteiger partial charge in [-0.05, 0) is 46.5 Å². The number of allylic oxidation sites excluding steroid dienone is 2. The maximum Gasteiger partial charge on any atom is 0.356 e. The molecule has 0 saturated heterocycles. The van der Waals surface area contributed by atoms with E-state index in [0.717, 1.165) is 0 Å². The number of hydrogen-bond acceptors (Lipinski definition) is 4. The van der Waals surface area contributed by atoms with Crippen LogP contribution >= 0.6 is 0 Å². The second kappa shape index (κ2) is 11.8. The van der Waals surface area contributed by atoms with Crippen LogP contribution in [0.4, 0.5) is 0 Å². The van der Waals surface area contributed by atoms with Crippen molar-refractivity contribution < 1.29 is 14.0 Å². The summed E-state index contributed by atoms with van der Waals surface area (Å²) in [6.45, 7) is 19.1. The average Bonchev–Trinajstić information content (AvgIpc) is 2.83. The number of carbonyl (C=O) groups is 1. The zero-order valence-corrected chi connectivity index (χ0v) is 26.0. The van der Waals surface area contributed by atoms with E-state index < -0.39 is 28.0 Å². The van der Waals surface area contributed by atoms with Crippen LogP contribution in [0.25, 0.3) is 0 Å². The molecule has 0 amide bonds. The third-order valence-electron chi connectivity index (χ3n) is 7.40. The predicted octanol–water partition coefficient (Wildman–Crippen LogP) is 6.55. The summed E-state index contributed by atoms with van der Waals surface area (Å²) in [7, 11) is -4.91. The molecule has 1 unspecified atom stereocenters. The number of nitrogens with zero attached hydrogens (tertiary/aromatic N) is 1. The number of nitriles is 1. The standard InChI is InChI=1S/C31H43NO3Si2/c1-10-34-28(33)31(25-32,35-36(8,9)29(2,3)4)23-17-18-24-37(30(5,6)7,26-19-13-11-14-20-26)27-21-15-12-16-22-27/h11-24H,10H2,1-9H3/b23-17-,24-18-. The summed E-state index contributed by atoms with van der Waals surface area (Å²) in [5.74, 6) is -0.669. The van der Waals surface area contributed by atoms with Crippen molar-refractivity contribution in [2.75, 3.05) is 6.61 Å². The summed E-state index contributed by atoms with van der Waals surface area (Å²) in [6, 6.07) is 23.4. The van der Waals surface area contributed by atoms with E-state index in [1.165, 1.54) is 10.4 Å². The van der Waals surface area contributed by atoms with Gasteiger partial charge in [-0.1, -0.05) is 120 Å². The molecule has 0 heterocycles. The number of rotatable bonds is 9. The lowest BCUT2D eigenvalue weighted by atomic mass is 10.1. The highest BCUT2D eigenvalue weighted by atomic mass is 28.4. The maximum atomic E-state index is 13.1. The fraction of sp³-hybridized carbons (Fsp3) is 0.419. The van der Waals surface area contributed by atoms with E-state index in [2.05, 4.69) is 102 Å². The molecule has 0 bridgehead atoms. The number of carbonyl (C=O) groups excluding carboxylic acids is 1. The van der Waals surface area contributed by atoms with Crippen LogP contribution in [0.5, 0.6) is 0 Å². The summed E-state index contributed by atoms with van der Waals surface area (Å²) in [5, 5.41) is 12.6. The smallest absolute Gasteiger partial charge is 0.356 e. The Bertz CT molecular complexity index is 1100. The molecule has 2 aromatic rings. The first-order chi connectivity index (χ1) is 17.2. The fourth-order valence-electron chi connectivity index (χ4n) is 4.31. The third kappa shape index (κ3) is 6.59. The van der Waals surface area contributed by atoms with Gasteiger partial charge in [-0.25, -0.2) is 4.79 Å². The number of benzene rings is 2. The van der Waals surface area contributed by atoms with Gasteiger partial charge in [0.25, 0.3) is 5.60 Å². The van der Waals surface area contributed by atoms with Gasteiger partial charge in [0.2, 0.25) is 0 Å². The van der Waals surface area contributed by atoms with Crippen molar-refractivity contribution in [3.8, 4) is 6.07 Å². The molecule has 0 aliphatic carbocycles. The molecule has 1 atom stereocenters. The average molecular weight is 534 g/mol. The monoisotopic (exact) mass is 533 g/mol. The van der Waals surface area contributed by atoms with Gasteiger partial charge in [0.15, 0.2) is 8.32 Å². The molecule has 6 heteroatoms. The lowest BCUT2D eigenvalue weighted by Crippen LogP contribution is -2.63. The topological polar surface area (TPSA) is 59.3 Å². The van der Waals surface area contributed by atoms with Crippen LogP contribution < -0.4 is 10.4 Å². The van der Waals surface area contributed by atoms with Crippen molar-refractivity contribution >= 4 is 32.7 Å². The highest BCUT2D eigenvalue weighted by Gasteiger charge is 2.49. The normalized spacial score (nSPS) is 14.9. The van der Waals surface area contributed by atoms with Crippen molar-refractivity contribution in [1.82, 2.24) is 0 Å². The second-order valence-corrected chi connectivity index (χ2v) is 21.3. The Balaban J connectivity index is 2.66. The van der Waals surface area contributed by atoms with Gasteiger partial charge in [-0.3, -0.25) is 0 Å². The summed E-state index contributed by atoms with van der Waals surface area (Å²) in [5.41, 5.74) is 0.503. The molecule has 0 fully saturated rings. The Morgan fingerprint density at radius 1 is 0.865 bits per heavy atom. The largest absolute Gasteiger partial charge is 0.463 e. The Labute approximate surface area is 226 Å². The minimum absolute atomic E-state index is 0.0505. The van der Waals surface area contributed by atoms with Crippen LogP contribution in [0.15, 0.2) is 84.6 Å². The minimum Gasteiger partial charge on any atom is -0.463 e. The molecular weight excluding hydrogens is 491 g/mol. The van der Waals surface area contributed by atoms with Gasteiger partial charge in [0.05, 0.1) is 6.61 Å². The molecule has 198 valence electrons. The van der Waals surface area contributed by atoms with Crippen molar-refractivity contribution in [3.05, 3.63) is 84.6 Å². The Hall–Kier alpha value is -2.73. The summed E-state index contributed by atoms with van der Waals surface area (Å²) in [4.78, 5) is 13.1.